The Morgan fingerprint density at radius 2 is 1.82 bits per heavy atom. The maximum atomic E-state index is 9.24. The van der Waals surface area contributed by atoms with Crippen LogP contribution >= 0.6 is 11.8 Å². The molecule has 11 heavy (non-hydrogen) atoms. The Bertz CT molecular complexity index is 228. The summed E-state index contributed by atoms with van der Waals surface area (Å²) in [6.45, 7) is 1.97. The lowest BCUT2D eigenvalue weighted by Crippen LogP contribution is -1.75. The van der Waals surface area contributed by atoms with Crippen molar-refractivity contribution < 1.29 is 10.2 Å². The van der Waals surface area contributed by atoms with Crippen molar-refractivity contribution >= 4 is 11.8 Å². The molecule has 0 spiro atoms. The van der Waals surface area contributed by atoms with Crippen LogP contribution in [0.1, 0.15) is 6.92 Å². The second-order valence-corrected chi connectivity index (χ2v) is 3.33. The monoisotopic (exact) mass is 170 g/mol. The molecular formula is C8H10O2S. The van der Waals surface area contributed by atoms with Gasteiger partial charge in [0, 0.05) is 0 Å². The topological polar surface area (TPSA) is 40.5 Å². The van der Waals surface area contributed by atoms with Gasteiger partial charge in [0.25, 0.3) is 0 Å². The Morgan fingerprint density at radius 3 is 2.27 bits per heavy atom. The molecule has 0 aliphatic heterocycles. The van der Waals surface area contributed by atoms with Gasteiger partial charge in [-0.15, -0.1) is 11.8 Å². The zero-order chi connectivity index (χ0) is 8.27. The molecule has 0 saturated heterocycles. The van der Waals surface area contributed by atoms with Crippen LogP contribution in [0, 0.1) is 0 Å². The summed E-state index contributed by atoms with van der Waals surface area (Å²) in [5.74, 6) is 1.14. The summed E-state index contributed by atoms with van der Waals surface area (Å²) >= 11 is 1.43. The van der Waals surface area contributed by atoms with E-state index in [0.29, 0.717) is 4.90 Å². The van der Waals surface area contributed by atoms with Gasteiger partial charge in [0.05, 0.1) is 4.90 Å². The summed E-state index contributed by atoms with van der Waals surface area (Å²) < 4.78 is 0. The first-order valence-electron chi connectivity index (χ1n) is 3.39. The van der Waals surface area contributed by atoms with Crippen LogP contribution in [0.2, 0.25) is 0 Å². The molecule has 0 heterocycles. The number of phenolic OH excluding ortho intramolecular Hbond substituents is 2. The number of phenols is 2. The molecule has 0 atom stereocenters. The fourth-order valence-electron chi connectivity index (χ4n) is 0.805. The van der Waals surface area contributed by atoms with Crippen molar-refractivity contribution in [3.8, 4) is 11.5 Å². The maximum Gasteiger partial charge on any atom is 0.132 e. The van der Waals surface area contributed by atoms with E-state index in [1.165, 1.54) is 11.8 Å². The minimum atomic E-state index is 0.150. The molecular weight excluding hydrogens is 160 g/mol. The van der Waals surface area contributed by atoms with Gasteiger partial charge < -0.3 is 10.2 Å². The molecule has 0 fully saturated rings. The van der Waals surface area contributed by atoms with Gasteiger partial charge in [-0.2, -0.15) is 0 Å². The van der Waals surface area contributed by atoms with E-state index in [-0.39, 0.29) is 11.5 Å². The summed E-state index contributed by atoms with van der Waals surface area (Å²) in [6, 6.07) is 4.75. The summed E-state index contributed by atoms with van der Waals surface area (Å²) in [6.07, 6.45) is 0. The third-order valence-electron chi connectivity index (χ3n) is 1.26. The van der Waals surface area contributed by atoms with Crippen molar-refractivity contribution in [3.05, 3.63) is 18.2 Å². The standard InChI is InChI=1S/C8H10O2S/c1-2-11-8-6(9)4-3-5-7(8)10/h3-5,9-10H,2H2,1H3. The van der Waals surface area contributed by atoms with Gasteiger partial charge in [-0.05, 0) is 17.9 Å². The normalized spacial score (nSPS) is 9.91. The highest BCUT2D eigenvalue weighted by molar-refractivity contribution is 7.99. The van der Waals surface area contributed by atoms with Gasteiger partial charge in [-0.1, -0.05) is 13.0 Å². The fraction of sp³-hybridized carbons (Fsp3) is 0.250. The third kappa shape index (κ3) is 1.80. The zero-order valence-electron chi connectivity index (χ0n) is 6.24. The fourth-order valence-corrected chi connectivity index (χ4v) is 1.53. The molecule has 0 saturated carbocycles. The van der Waals surface area contributed by atoms with E-state index < -0.39 is 0 Å². The van der Waals surface area contributed by atoms with Crippen molar-refractivity contribution in [2.75, 3.05) is 5.75 Å². The van der Waals surface area contributed by atoms with E-state index in [1.807, 2.05) is 6.92 Å². The predicted octanol–water partition coefficient (Wildman–Crippen LogP) is 2.21. The third-order valence-corrected chi connectivity index (χ3v) is 2.26. The van der Waals surface area contributed by atoms with Crippen molar-refractivity contribution in [3.63, 3.8) is 0 Å². The van der Waals surface area contributed by atoms with E-state index in [9.17, 15) is 10.2 Å². The second-order valence-electron chi connectivity index (χ2n) is 2.06. The van der Waals surface area contributed by atoms with Crippen molar-refractivity contribution in [1.82, 2.24) is 0 Å². The first-order chi connectivity index (χ1) is 5.25. The van der Waals surface area contributed by atoms with Gasteiger partial charge >= 0.3 is 0 Å². The number of rotatable bonds is 2. The largest absolute Gasteiger partial charge is 0.507 e. The highest BCUT2D eigenvalue weighted by atomic mass is 32.2. The van der Waals surface area contributed by atoms with Crippen molar-refractivity contribution in [1.29, 1.82) is 0 Å². The predicted molar refractivity (Wildman–Crippen MR) is 46.2 cm³/mol. The Hall–Kier alpha value is -0.830. The summed E-state index contributed by atoms with van der Waals surface area (Å²) in [4.78, 5) is 0.565. The van der Waals surface area contributed by atoms with Gasteiger partial charge in [-0.3, -0.25) is 0 Å². The van der Waals surface area contributed by atoms with Gasteiger partial charge in [0.2, 0.25) is 0 Å². The average molecular weight is 170 g/mol. The van der Waals surface area contributed by atoms with Gasteiger partial charge in [0.1, 0.15) is 11.5 Å². The van der Waals surface area contributed by atoms with Crippen LogP contribution in [0.25, 0.3) is 0 Å². The molecule has 0 aromatic heterocycles. The Kier molecular flexibility index (Phi) is 2.65. The second kappa shape index (κ2) is 3.53. The van der Waals surface area contributed by atoms with Crippen LogP contribution in [0.15, 0.2) is 23.1 Å². The molecule has 0 unspecified atom stereocenters. The van der Waals surface area contributed by atoms with Crippen LogP contribution in [-0.4, -0.2) is 16.0 Å². The van der Waals surface area contributed by atoms with E-state index >= 15 is 0 Å². The molecule has 2 nitrogen and oxygen atoms in total. The lowest BCUT2D eigenvalue weighted by molar-refractivity contribution is 0.428. The molecule has 0 amide bonds. The minimum absolute atomic E-state index is 0.150. The van der Waals surface area contributed by atoms with Crippen LogP contribution in [0.3, 0.4) is 0 Å². The molecule has 0 aliphatic carbocycles. The Balaban J connectivity index is 3.00. The van der Waals surface area contributed by atoms with Crippen LogP contribution in [0.5, 0.6) is 11.5 Å². The van der Waals surface area contributed by atoms with E-state index in [4.69, 9.17) is 0 Å². The van der Waals surface area contributed by atoms with Crippen LogP contribution < -0.4 is 0 Å². The van der Waals surface area contributed by atoms with Crippen LogP contribution in [-0.2, 0) is 0 Å². The van der Waals surface area contributed by atoms with Gasteiger partial charge in [-0.25, -0.2) is 0 Å². The molecule has 1 aromatic carbocycles. The average Bonchev–Trinajstić information content (AvgIpc) is 1.97. The molecule has 3 heteroatoms. The van der Waals surface area contributed by atoms with Gasteiger partial charge in [0.15, 0.2) is 0 Å². The molecule has 60 valence electrons. The van der Waals surface area contributed by atoms with E-state index in [0.717, 1.165) is 5.75 Å². The molecule has 0 bridgehead atoms. The minimum Gasteiger partial charge on any atom is -0.507 e. The molecule has 0 radical (unpaired) electrons. The number of thioether (sulfide) groups is 1. The summed E-state index contributed by atoms with van der Waals surface area (Å²) in [7, 11) is 0. The first kappa shape index (κ1) is 8.27. The highest BCUT2D eigenvalue weighted by Crippen LogP contribution is 2.35. The lowest BCUT2D eigenvalue weighted by atomic mass is 10.3. The maximum absolute atomic E-state index is 9.24. The summed E-state index contributed by atoms with van der Waals surface area (Å²) in [5.41, 5.74) is 0. The molecule has 2 N–H and O–H groups in total. The number of benzene rings is 1. The first-order valence-corrected chi connectivity index (χ1v) is 4.38. The SMILES string of the molecule is CCSc1c(O)cccc1O. The highest BCUT2D eigenvalue weighted by Gasteiger charge is 2.04. The van der Waals surface area contributed by atoms with E-state index in [2.05, 4.69) is 0 Å². The number of hydrogen-bond donors (Lipinski definition) is 2. The molecule has 1 rings (SSSR count). The smallest absolute Gasteiger partial charge is 0.132 e. The Labute approximate surface area is 69.9 Å². The quantitative estimate of drug-likeness (QED) is 0.668. The molecule has 0 aliphatic rings. The number of aromatic hydroxyl groups is 2. The van der Waals surface area contributed by atoms with Crippen LogP contribution in [0.4, 0.5) is 0 Å². The summed E-state index contributed by atoms with van der Waals surface area (Å²) in [5, 5.41) is 18.5. The number of hydrogen-bond acceptors (Lipinski definition) is 3. The Morgan fingerprint density at radius 1 is 1.27 bits per heavy atom. The van der Waals surface area contributed by atoms with Crippen molar-refractivity contribution in [2.24, 2.45) is 0 Å². The zero-order valence-corrected chi connectivity index (χ0v) is 7.06. The molecule has 1 aromatic rings. The van der Waals surface area contributed by atoms with E-state index in [1.54, 1.807) is 18.2 Å². The lowest BCUT2D eigenvalue weighted by Gasteiger charge is -2.03. The van der Waals surface area contributed by atoms with Crippen molar-refractivity contribution in [2.45, 2.75) is 11.8 Å².